The second-order valence-electron chi connectivity index (χ2n) is 3.65. The topological polar surface area (TPSA) is 50.9 Å². The van der Waals surface area contributed by atoms with Crippen molar-refractivity contribution < 1.29 is 0 Å². The maximum Gasteiger partial charge on any atom is 0.0589 e. The zero-order chi connectivity index (χ0) is 12.1. The van der Waals surface area contributed by atoms with Gasteiger partial charge in [-0.1, -0.05) is 18.2 Å². The van der Waals surface area contributed by atoms with Gasteiger partial charge in [0.15, 0.2) is 0 Å². The molecule has 0 atom stereocenters. The van der Waals surface area contributed by atoms with Crippen LogP contribution < -0.4 is 11.1 Å². The van der Waals surface area contributed by atoms with E-state index in [1.165, 1.54) is 0 Å². The van der Waals surface area contributed by atoms with E-state index in [0.717, 1.165) is 28.0 Å². The first-order chi connectivity index (χ1) is 8.31. The Bertz CT molecular complexity index is 500. The van der Waals surface area contributed by atoms with E-state index in [0.29, 0.717) is 6.54 Å². The molecule has 3 N–H and O–H groups in total. The second-order valence-corrected chi connectivity index (χ2v) is 4.50. The predicted octanol–water partition coefficient (Wildman–Crippen LogP) is 2.91. The van der Waals surface area contributed by atoms with Crippen molar-refractivity contribution in [1.82, 2.24) is 4.98 Å². The average Bonchev–Trinajstić information content (AvgIpc) is 2.38. The molecule has 0 unspecified atom stereocenters. The van der Waals surface area contributed by atoms with Crippen molar-refractivity contribution in [1.29, 1.82) is 0 Å². The van der Waals surface area contributed by atoms with Gasteiger partial charge in [-0.2, -0.15) is 0 Å². The molecule has 2 rings (SSSR count). The van der Waals surface area contributed by atoms with Crippen LogP contribution >= 0.6 is 15.9 Å². The third kappa shape index (κ3) is 3.05. The van der Waals surface area contributed by atoms with Gasteiger partial charge in [0.05, 0.1) is 5.69 Å². The maximum absolute atomic E-state index is 5.65. The number of nitrogens with one attached hydrogen (secondary N) is 1. The lowest BCUT2D eigenvalue weighted by Gasteiger charge is -2.10. The van der Waals surface area contributed by atoms with Crippen molar-refractivity contribution in [2.24, 2.45) is 5.73 Å². The molecule has 0 amide bonds. The Balaban J connectivity index is 2.10. The van der Waals surface area contributed by atoms with Crippen molar-refractivity contribution in [3.63, 3.8) is 0 Å². The minimum absolute atomic E-state index is 0.466. The average molecular weight is 292 g/mol. The summed E-state index contributed by atoms with van der Waals surface area (Å²) in [5, 5.41) is 3.36. The van der Waals surface area contributed by atoms with Crippen LogP contribution in [0.4, 0.5) is 5.69 Å². The van der Waals surface area contributed by atoms with Crippen LogP contribution in [0.25, 0.3) is 0 Å². The van der Waals surface area contributed by atoms with Crippen LogP contribution in [0.1, 0.15) is 11.3 Å². The van der Waals surface area contributed by atoms with E-state index in [1.807, 2.05) is 36.4 Å². The third-order valence-corrected chi connectivity index (χ3v) is 3.21. The molecule has 0 saturated heterocycles. The number of aromatic nitrogens is 1. The van der Waals surface area contributed by atoms with Crippen LogP contribution in [0, 0.1) is 0 Å². The largest absolute Gasteiger partial charge is 0.380 e. The number of para-hydroxylation sites is 1. The molecule has 0 fully saturated rings. The standard InChI is InChI=1S/C13H14BrN3/c14-11-5-1-2-6-12(11)17-9-10-4-3-7-16-13(10)8-15/h1-7,17H,8-9,15H2. The molecule has 2 aromatic rings. The van der Waals surface area contributed by atoms with Crippen molar-refractivity contribution >= 4 is 21.6 Å². The number of hydrogen-bond acceptors (Lipinski definition) is 3. The SMILES string of the molecule is NCc1ncccc1CNc1ccccc1Br. The summed E-state index contributed by atoms with van der Waals surface area (Å²) in [5.74, 6) is 0. The lowest BCUT2D eigenvalue weighted by Crippen LogP contribution is -2.08. The number of anilines is 1. The van der Waals surface area contributed by atoms with E-state index >= 15 is 0 Å². The highest BCUT2D eigenvalue weighted by atomic mass is 79.9. The molecule has 4 heteroatoms. The van der Waals surface area contributed by atoms with Crippen LogP contribution in [0.15, 0.2) is 47.1 Å². The minimum atomic E-state index is 0.466. The molecule has 0 bridgehead atoms. The van der Waals surface area contributed by atoms with E-state index in [9.17, 15) is 0 Å². The minimum Gasteiger partial charge on any atom is -0.380 e. The molecule has 0 aliphatic heterocycles. The Morgan fingerprint density at radius 1 is 1.18 bits per heavy atom. The fraction of sp³-hybridized carbons (Fsp3) is 0.154. The zero-order valence-corrected chi connectivity index (χ0v) is 10.9. The van der Waals surface area contributed by atoms with Crippen LogP contribution in [0.5, 0.6) is 0 Å². The number of nitrogens with zero attached hydrogens (tertiary/aromatic N) is 1. The molecule has 0 radical (unpaired) electrons. The molecule has 0 aliphatic rings. The second kappa shape index (κ2) is 5.80. The number of pyridine rings is 1. The van der Waals surface area contributed by atoms with Gasteiger partial charge >= 0.3 is 0 Å². The summed E-state index contributed by atoms with van der Waals surface area (Å²) in [4.78, 5) is 4.26. The van der Waals surface area contributed by atoms with Crippen molar-refractivity contribution in [2.45, 2.75) is 13.1 Å². The smallest absolute Gasteiger partial charge is 0.0589 e. The Morgan fingerprint density at radius 2 is 2.00 bits per heavy atom. The Hall–Kier alpha value is -1.39. The van der Waals surface area contributed by atoms with Gasteiger partial charge in [0, 0.05) is 29.4 Å². The lowest BCUT2D eigenvalue weighted by atomic mass is 10.2. The van der Waals surface area contributed by atoms with Crippen molar-refractivity contribution in [3.05, 3.63) is 58.3 Å². The van der Waals surface area contributed by atoms with Crippen LogP contribution in [-0.2, 0) is 13.1 Å². The molecular weight excluding hydrogens is 278 g/mol. The Morgan fingerprint density at radius 3 is 2.76 bits per heavy atom. The first kappa shape index (κ1) is 12.1. The van der Waals surface area contributed by atoms with Crippen molar-refractivity contribution in [3.8, 4) is 0 Å². The van der Waals surface area contributed by atoms with Gasteiger partial charge in [0.25, 0.3) is 0 Å². The number of benzene rings is 1. The summed E-state index contributed by atoms with van der Waals surface area (Å²) in [5.41, 5.74) is 8.79. The highest BCUT2D eigenvalue weighted by molar-refractivity contribution is 9.10. The zero-order valence-electron chi connectivity index (χ0n) is 9.36. The molecule has 0 spiro atoms. The van der Waals surface area contributed by atoms with E-state index in [2.05, 4.69) is 26.2 Å². The first-order valence-corrected chi connectivity index (χ1v) is 6.22. The van der Waals surface area contributed by atoms with Crippen LogP contribution in [0.2, 0.25) is 0 Å². The van der Waals surface area contributed by atoms with Gasteiger partial charge in [-0.05, 0) is 39.7 Å². The molecule has 1 aromatic heterocycles. The summed E-state index contributed by atoms with van der Waals surface area (Å²) in [6.07, 6.45) is 1.77. The molecule has 17 heavy (non-hydrogen) atoms. The summed E-state index contributed by atoms with van der Waals surface area (Å²) in [6.45, 7) is 1.19. The van der Waals surface area contributed by atoms with E-state index in [-0.39, 0.29) is 0 Å². The van der Waals surface area contributed by atoms with E-state index in [4.69, 9.17) is 5.73 Å². The van der Waals surface area contributed by atoms with Gasteiger partial charge < -0.3 is 11.1 Å². The first-order valence-electron chi connectivity index (χ1n) is 5.42. The Kier molecular flexibility index (Phi) is 4.12. The fourth-order valence-electron chi connectivity index (χ4n) is 1.61. The summed E-state index contributed by atoms with van der Waals surface area (Å²) < 4.78 is 1.05. The summed E-state index contributed by atoms with van der Waals surface area (Å²) in [6, 6.07) is 12.0. The molecule has 0 aliphatic carbocycles. The summed E-state index contributed by atoms with van der Waals surface area (Å²) >= 11 is 3.50. The van der Waals surface area contributed by atoms with Gasteiger partial charge in [-0.15, -0.1) is 0 Å². The number of halogens is 1. The van der Waals surface area contributed by atoms with Gasteiger partial charge in [-0.3, -0.25) is 4.98 Å². The van der Waals surface area contributed by atoms with Gasteiger partial charge in [-0.25, -0.2) is 0 Å². The molecule has 1 heterocycles. The lowest BCUT2D eigenvalue weighted by molar-refractivity contribution is 0.939. The maximum atomic E-state index is 5.65. The number of hydrogen-bond donors (Lipinski definition) is 2. The highest BCUT2D eigenvalue weighted by Crippen LogP contribution is 2.22. The third-order valence-electron chi connectivity index (χ3n) is 2.52. The highest BCUT2D eigenvalue weighted by Gasteiger charge is 2.02. The van der Waals surface area contributed by atoms with E-state index in [1.54, 1.807) is 6.20 Å². The number of rotatable bonds is 4. The Labute approximate surface area is 109 Å². The quantitative estimate of drug-likeness (QED) is 0.911. The normalized spacial score (nSPS) is 10.2. The monoisotopic (exact) mass is 291 g/mol. The van der Waals surface area contributed by atoms with Crippen LogP contribution in [0.3, 0.4) is 0 Å². The molecular formula is C13H14BrN3. The molecule has 88 valence electrons. The fourth-order valence-corrected chi connectivity index (χ4v) is 2.04. The van der Waals surface area contributed by atoms with Crippen molar-refractivity contribution in [2.75, 3.05) is 5.32 Å². The van der Waals surface area contributed by atoms with E-state index < -0.39 is 0 Å². The number of nitrogens with two attached hydrogens (primary N) is 1. The summed E-state index contributed by atoms with van der Waals surface area (Å²) in [7, 11) is 0. The molecule has 1 aromatic carbocycles. The van der Waals surface area contributed by atoms with Gasteiger partial charge in [0.1, 0.15) is 0 Å². The predicted molar refractivity (Wildman–Crippen MR) is 73.6 cm³/mol. The molecule has 0 saturated carbocycles. The molecule has 3 nitrogen and oxygen atoms in total. The van der Waals surface area contributed by atoms with Crippen LogP contribution in [-0.4, -0.2) is 4.98 Å². The van der Waals surface area contributed by atoms with Gasteiger partial charge in [0.2, 0.25) is 0 Å².